The van der Waals surface area contributed by atoms with Gasteiger partial charge in [-0.3, -0.25) is 9.59 Å². The first kappa shape index (κ1) is 24.0. The number of halogens is 2. The topological polar surface area (TPSA) is 115 Å². The summed E-state index contributed by atoms with van der Waals surface area (Å²) in [4.78, 5) is 25.1. The molecule has 3 aromatic carbocycles. The van der Waals surface area contributed by atoms with E-state index in [9.17, 15) is 14.7 Å². The fourth-order valence-electron chi connectivity index (χ4n) is 3.83. The summed E-state index contributed by atoms with van der Waals surface area (Å²) in [7, 11) is 0. The minimum absolute atomic E-state index is 0.148. The van der Waals surface area contributed by atoms with Gasteiger partial charge in [0.2, 0.25) is 5.78 Å². The van der Waals surface area contributed by atoms with E-state index in [-0.39, 0.29) is 30.3 Å². The Morgan fingerprint density at radius 2 is 1.74 bits per heavy atom. The molecular weight excluding hydrogens is 479 g/mol. The average Bonchev–Trinajstić information content (AvgIpc) is 3.17. The molecule has 0 saturated carbocycles. The first-order chi connectivity index (χ1) is 16.3. The van der Waals surface area contributed by atoms with E-state index in [0.717, 1.165) is 16.3 Å². The number of rotatable bonds is 9. The number of aliphatic hydroxyl groups excluding tert-OH is 2. The van der Waals surface area contributed by atoms with E-state index in [0.29, 0.717) is 34.0 Å². The minimum Gasteiger partial charge on any atom is -0.485 e. The number of hydrogen-bond donors (Lipinski definition) is 3. The van der Waals surface area contributed by atoms with Crippen molar-refractivity contribution in [2.24, 2.45) is 5.73 Å². The number of fused-ring (bicyclic) bond motifs is 2. The van der Waals surface area contributed by atoms with Crippen molar-refractivity contribution in [1.82, 2.24) is 4.57 Å². The second-order valence-corrected chi connectivity index (χ2v) is 8.81. The fraction of sp³-hybridized carbons (Fsp3) is 0.200. The van der Waals surface area contributed by atoms with Gasteiger partial charge in [0.25, 0.3) is 5.91 Å². The molecule has 4 N–H and O–H groups in total. The number of carbonyl (C=O) groups is 2. The van der Waals surface area contributed by atoms with Crippen molar-refractivity contribution in [2.45, 2.75) is 19.1 Å². The van der Waals surface area contributed by atoms with E-state index in [1.165, 1.54) is 0 Å². The largest absolute Gasteiger partial charge is 0.485 e. The number of hydrogen-bond acceptors (Lipinski definition) is 5. The molecule has 176 valence electrons. The van der Waals surface area contributed by atoms with Gasteiger partial charge in [0, 0.05) is 33.7 Å². The Labute approximate surface area is 205 Å². The third kappa shape index (κ3) is 5.03. The molecular formula is C25H22Cl2N2O5. The summed E-state index contributed by atoms with van der Waals surface area (Å²) in [6.45, 7) is -0.286. The number of aliphatic hydroxyl groups is 2. The van der Waals surface area contributed by atoms with E-state index in [1.54, 1.807) is 54.7 Å². The Morgan fingerprint density at radius 1 is 1.00 bits per heavy atom. The first-order valence-corrected chi connectivity index (χ1v) is 11.3. The van der Waals surface area contributed by atoms with Crippen LogP contribution in [0.3, 0.4) is 0 Å². The maximum Gasteiger partial charge on any atom is 0.252 e. The number of carbonyl (C=O) groups excluding carboxylic acids is 2. The van der Waals surface area contributed by atoms with Gasteiger partial charge in [0.1, 0.15) is 5.75 Å². The predicted octanol–water partition coefficient (Wildman–Crippen LogP) is 4.21. The zero-order valence-corrected chi connectivity index (χ0v) is 19.5. The third-order valence-corrected chi connectivity index (χ3v) is 6.05. The molecule has 4 rings (SSSR count). The van der Waals surface area contributed by atoms with Crippen LogP contribution >= 0.6 is 23.2 Å². The van der Waals surface area contributed by atoms with E-state index in [1.807, 2.05) is 4.57 Å². The number of benzene rings is 3. The molecule has 0 aliphatic carbocycles. The molecule has 4 aromatic rings. The fourth-order valence-corrected chi connectivity index (χ4v) is 4.18. The number of ketones is 1. The Bertz CT molecular complexity index is 1400. The number of amides is 1. The summed E-state index contributed by atoms with van der Waals surface area (Å²) in [5, 5.41) is 22.0. The molecule has 0 spiro atoms. The van der Waals surface area contributed by atoms with Crippen LogP contribution in [-0.2, 0) is 6.54 Å². The summed E-state index contributed by atoms with van der Waals surface area (Å²) in [5.41, 5.74) is 6.82. The molecule has 1 atom stereocenters. The van der Waals surface area contributed by atoms with Gasteiger partial charge in [-0.15, -0.1) is 0 Å². The second kappa shape index (κ2) is 10.0. The van der Waals surface area contributed by atoms with Crippen molar-refractivity contribution < 1.29 is 24.5 Å². The van der Waals surface area contributed by atoms with Crippen molar-refractivity contribution in [3.63, 3.8) is 0 Å². The first-order valence-electron chi connectivity index (χ1n) is 10.5. The highest BCUT2D eigenvalue weighted by atomic mass is 35.5. The lowest BCUT2D eigenvalue weighted by Crippen LogP contribution is -2.17. The number of nitrogens with zero attached hydrogens (tertiary/aromatic N) is 1. The SMILES string of the molecule is NC(=O)c1cc2cc(Cl)ccc2cc1OCC(=O)c1cn(CCC(O)CO)c2cc(Cl)ccc12. The van der Waals surface area contributed by atoms with Crippen LogP contribution in [0.25, 0.3) is 21.7 Å². The highest BCUT2D eigenvalue weighted by Crippen LogP contribution is 2.29. The van der Waals surface area contributed by atoms with Crippen molar-refractivity contribution in [1.29, 1.82) is 0 Å². The normalized spacial score (nSPS) is 12.2. The standard InChI is InChI=1S/C25H22Cl2N2O5/c26-16-2-1-14-9-24(20(25(28)33)8-15(14)7-16)34-13-23(32)21-11-29(6-5-18(31)12-30)22-10-17(27)3-4-19(21)22/h1-4,7-11,18,30-31H,5-6,12-13H2,(H2,28,33). The van der Waals surface area contributed by atoms with Crippen LogP contribution in [-0.4, -0.2) is 45.8 Å². The summed E-state index contributed by atoms with van der Waals surface area (Å²) >= 11 is 12.2. The highest BCUT2D eigenvalue weighted by Gasteiger charge is 2.19. The van der Waals surface area contributed by atoms with Gasteiger partial charge in [-0.2, -0.15) is 0 Å². The number of nitrogens with two attached hydrogens (primary N) is 1. The molecule has 0 fully saturated rings. The Kier molecular flexibility index (Phi) is 7.09. The highest BCUT2D eigenvalue weighted by molar-refractivity contribution is 6.31. The van der Waals surface area contributed by atoms with Gasteiger partial charge in [0.05, 0.1) is 23.8 Å². The van der Waals surface area contributed by atoms with E-state index in [2.05, 4.69) is 0 Å². The zero-order chi connectivity index (χ0) is 24.4. The second-order valence-electron chi connectivity index (χ2n) is 7.94. The number of primary amides is 1. The molecule has 0 bridgehead atoms. The Balaban J connectivity index is 1.62. The predicted molar refractivity (Wildman–Crippen MR) is 132 cm³/mol. The number of ether oxygens (including phenoxy) is 1. The zero-order valence-electron chi connectivity index (χ0n) is 18.0. The monoisotopic (exact) mass is 500 g/mol. The maximum atomic E-state index is 13.1. The summed E-state index contributed by atoms with van der Waals surface area (Å²) in [6, 6.07) is 13.6. The van der Waals surface area contributed by atoms with Crippen LogP contribution in [0.5, 0.6) is 5.75 Å². The van der Waals surface area contributed by atoms with Crippen molar-refractivity contribution in [2.75, 3.05) is 13.2 Å². The van der Waals surface area contributed by atoms with Crippen LogP contribution in [0, 0.1) is 0 Å². The minimum atomic E-state index is -0.867. The van der Waals surface area contributed by atoms with Gasteiger partial charge in [-0.1, -0.05) is 35.3 Å². The summed E-state index contributed by atoms with van der Waals surface area (Å²) in [5.74, 6) is -0.785. The number of Topliss-reactive ketones (excluding diaryl/α,β-unsaturated/α-hetero) is 1. The number of aryl methyl sites for hydroxylation is 1. The Morgan fingerprint density at radius 3 is 2.47 bits per heavy atom. The molecule has 1 amide bonds. The molecule has 1 aromatic heterocycles. The molecule has 7 nitrogen and oxygen atoms in total. The average molecular weight is 501 g/mol. The summed E-state index contributed by atoms with van der Waals surface area (Å²) < 4.78 is 7.57. The third-order valence-electron chi connectivity index (χ3n) is 5.58. The smallest absolute Gasteiger partial charge is 0.252 e. The van der Waals surface area contributed by atoms with E-state index >= 15 is 0 Å². The lowest BCUT2D eigenvalue weighted by atomic mass is 10.1. The lowest BCUT2D eigenvalue weighted by molar-refractivity contribution is 0.0849. The van der Waals surface area contributed by atoms with E-state index < -0.39 is 12.0 Å². The van der Waals surface area contributed by atoms with Crippen LogP contribution in [0.1, 0.15) is 27.1 Å². The van der Waals surface area contributed by atoms with Crippen LogP contribution < -0.4 is 10.5 Å². The molecule has 0 aliphatic heterocycles. The van der Waals surface area contributed by atoms with Crippen LogP contribution in [0.2, 0.25) is 10.0 Å². The summed E-state index contributed by atoms with van der Waals surface area (Å²) in [6.07, 6.45) is 1.11. The maximum absolute atomic E-state index is 13.1. The van der Waals surface area contributed by atoms with Gasteiger partial charge in [-0.05, 0) is 53.6 Å². The van der Waals surface area contributed by atoms with Crippen molar-refractivity contribution >= 4 is 56.6 Å². The van der Waals surface area contributed by atoms with Gasteiger partial charge in [-0.25, -0.2) is 0 Å². The molecule has 1 unspecified atom stereocenters. The Hall–Kier alpha value is -3.10. The van der Waals surface area contributed by atoms with Crippen molar-refractivity contribution in [3.8, 4) is 5.75 Å². The number of aromatic nitrogens is 1. The van der Waals surface area contributed by atoms with Crippen LogP contribution in [0.4, 0.5) is 0 Å². The van der Waals surface area contributed by atoms with Gasteiger partial charge in [0.15, 0.2) is 6.61 Å². The quantitative estimate of drug-likeness (QED) is 0.298. The lowest BCUT2D eigenvalue weighted by Gasteiger charge is -2.11. The molecule has 9 heteroatoms. The van der Waals surface area contributed by atoms with E-state index in [4.69, 9.17) is 38.8 Å². The molecule has 34 heavy (non-hydrogen) atoms. The van der Waals surface area contributed by atoms with Gasteiger partial charge < -0.3 is 25.3 Å². The molecule has 0 radical (unpaired) electrons. The van der Waals surface area contributed by atoms with Crippen LogP contribution in [0.15, 0.2) is 54.7 Å². The molecule has 0 saturated heterocycles. The molecule has 1 heterocycles. The van der Waals surface area contributed by atoms with Crippen molar-refractivity contribution in [3.05, 3.63) is 75.9 Å². The van der Waals surface area contributed by atoms with Gasteiger partial charge >= 0.3 is 0 Å². The molecule has 0 aliphatic rings.